The highest BCUT2D eigenvalue weighted by Crippen LogP contribution is 2.26. The van der Waals surface area contributed by atoms with Gasteiger partial charge in [-0.25, -0.2) is 13.8 Å². The molecule has 0 saturated carbocycles. The summed E-state index contributed by atoms with van der Waals surface area (Å²) in [6.07, 6.45) is 1.17. The normalized spacial score (nSPS) is 11.7. The zero-order chi connectivity index (χ0) is 27.3. The monoisotopic (exact) mass is 542 g/mol. The molecule has 0 aromatic heterocycles. The molecule has 194 valence electrons. The number of nitrogens with one attached hydrogen (secondary N) is 1. The third-order valence-electron chi connectivity index (χ3n) is 5.59. The minimum absolute atomic E-state index is 0.0246. The van der Waals surface area contributed by atoms with Crippen LogP contribution >= 0.6 is 11.6 Å². The Bertz CT molecular complexity index is 1450. The van der Waals surface area contributed by atoms with E-state index in [0.717, 1.165) is 21.0 Å². The zero-order valence-electron chi connectivity index (χ0n) is 20.9. The highest BCUT2D eigenvalue weighted by atomic mass is 35.5. The maximum absolute atomic E-state index is 13.8. The van der Waals surface area contributed by atoms with E-state index in [-0.39, 0.29) is 27.7 Å². The van der Waals surface area contributed by atoms with Crippen LogP contribution in [0.1, 0.15) is 33.4 Å². The highest BCUT2D eigenvalue weighted by Gasteiger charge is 2.30. The van der Waals surface area contributed by atoms with Gasteiger partial charge in [0.15, 0.2) is 0 Å². The van der Waals surface area contributed by atoms with Crippen molar-refractivity contribution in [2.75, 3.05) is 6.54 Å². The molecule has 0 saturated heterocycles. The molecule has 0 aliphatic rings. The number of halogens is 1. The van der Waals surface area contributed by atoms with Crippen molar-refractivity contribution in [2.45, 2.75) is 39.1 Å². The number of hydrogen-bond donors (Lipinski definition) is 1. The van der Waals surface area contributed by atoms with Crippen LogP contribution in [0.3, 0.4) is 0 Å². The molecule has 0 bridgehead atoms. The lowest BCUT2D eigenvalue weighted by molar-refractivity contribution is -0.384. The number of nitrogens with zero attached hydrogens (tertiary/aromatic N) is 3. The molecule has 9 nitrogen and oxygen atoms in total. The fraction of sp³-hybridized carbons (Fsp3) is 0.231. The van der Waals surface area contributed by atoms with Crippen LogP contribution in [0.5, 0.6) is 0 Å². The Balaban J connectivity index is 1.88. The van der Waals surface area contributed by atoms with E-state index in [9.17, 15) is 23.3 Å². The van der Waals surface area contributed by atoms with Crippen LogP contribution < -0.4 is 5.43 Å². The largest absolute Gasteiger partial charge is 0.272 e. The lowest BCUT2D eigenvalue weighted by atomic mass is 10.1. The summed E-state index contributed by atoms with van der Waals surface area (Å²) in [5.41, 5.74) is 6.19. The predicted octanol–water partition coefficient (Wildman–Crippen LogP) is 4.82. The minimum Gasteiger partial charge on any atom is -0.272 e. The second-order valence-electron chi connectivity index (χ2n) is 8.74. The van der Waals surface area contributed by atoms with E-state index in [4.69, 9.17) is 11.6 Å². The molecule has 0 fully saturated rings. The van der Waals surface area contributed by atoms with Gasteiger partial charge >= 0.3 is 0 Å². The van der Waals surface area contributed by atoms with Gasteiger partial charge in [-0.1, -0.05) is 59.1 Å². The summed E-state index contributed by atoms with van der Waals surface area (Å²) in [6, 6.07) is 14.8. The van der Waals surface area contributed by atoms with Crippen molar-refractivity contribution >= 4 is 39.4 Å². The quantitative estimate of drug-likeness (QED) is 0.236. The van der Waals surface area contributed by atoms with Crippen LogP contribution in [0.25, 0.3) is 0 Å². The zero-order valence-corrected chi connectivity index (χ0v) is 22.4. The number of hydrazone groups is 1. The SMILES string of the molecule is Cc1ccc(CN(CC(=O)N/N=C/c2cc([N+](=O)[O-])ccc2Cl)S(=O)(=O)c2c(C)cc(C)cc2C)cc1. The first-order valence-electron chi connectivity index (χ1n) is 11.3. The molecule has 0 unspecified atom stereocenters. The fourth-order valence-electron chi connectivity index (χ4n) is 3.94. The van der Waals surface area contributed by atoms with E-state index < -0.39 is 27.4 Å². The summed E-state index contributed by atoms with van der Waals surface area (Å²) >= 11 is 6.06. The van der Waals surface area contributed by atoms with Crippen molar-refractivity contribution in [2.24, 2.45) is 5.10 Å². The van der Waals surface area contributed by atoms with Crippen molar-refractivity contribution < 1.29 is 18.1 Å². The molecule has 0 atom stereocenters. The number of carbonyl (C=O) groups is 1. The minimum atomic E-state index is -4.06. The van der Waals surface area contributed by atoms with Crippen LogP contribution in [0, 0.1) is 37.8 Å². The van der Waals surface area contributed by atoms with Crippen molar-refractivity contribution in [3.63, 3.8) is 0 Å². The first-order chi connectivity index (χ1) is 17.4. The lowest BCUT2D eigenvalue weighted by Gasteiger charge is -2.24. The van der Waals surface area contributed by atoms with Gasteiger partial charge in [0.05, 0.1) is 22.6 Å². The number of sulfonamides is 1. The van der Waals surface area contributed by atoms with Crippen molar-refractivity contribution in [3.05, 3.63) is 103 Å². The van der Waals surface area contributed by atoms with Crippen LogP contribution in [-0.2, 0) is 21.4 Å². The van der Waals surface area contributed by atoms with Crippen molar-refractivity contribution in [3.8, 4) is 0 Å². The van der Waals surface area contributed by atoms with Gasteiger partial charge in [-0.05, 0) is 50.5 Å². The molecule has 0 heterocycles. The van der Waals surface area contributed by atoms with Gasteiger partial charge in [0.1, 0.15) is 0 Å². The maximum atomic E-state index is 13.8. The smallest absolute Gasteiger partial charge is 0.270 e. The molecule has 1 amide bonds. The lowest BCUT2D eigenvalue weighted by Crippen LogP contribution is -2.39. The van der Waals surface area contributed by atoms with Crippen LogP contribution in [0.4, 0.5) is 5.69 Å². The van der Waals surface area contributed by atoms with Gasteiger partial charge in [-0.3, -0.25) is 14.9 Å². The fourth-order valence-corrected chi connectivity index (χ4v) is 5.90. The first-order valence-corrected chi connectivity index (χ1v) is 13.1. The Morgan fingerprint density at radius 3 is 2.24 bits per heavy atom. The standard InChI is InChI=1S/C26H27ClN4O5S/c1-17-5-7-21(8-6-17)15-30(37(35,36)26-19(3)11-18(2)12-20(26)4)16-25(32)29-28-14-22-13-23(31(33)34)9-10-24(22)27/h5-14H,15-16H2,1-4H3,(H,29,32)/b28-14+. The predicted molar refractivity (Wildman–Crippen MR) is 143 cm³/mol. The van der Waals surface area contributed by atoms with Crippen LogP contribution in [0.15, 0.2) is 64.6 Å². The third kappa shape index (κ3) is 7.00. The number of nitro groups is 1. The van der Waals surface area contributed by atoms with E-state index in [1.165, 1.54) is 24.4 Å². The van der Waals surface area contributed by atoms with Crippen LogP contribution in [-0.4, -0.2) is 36.3 Å². The molecule has 3 aromatic rings. The Hall–Kier alpha value is -3.60. The molecular weight excluding hydrogens is 516 g/mol. The summed E-state index contributed by atoms with van der Waals surface area (Å²) < 4.78 is 28.6. The Morgan fingerprint density at radius 1 is 1.03 bits per heavy atom. The molecule has 1 N–H and O–H groups in total. The number of benzene rings is 3. The topological polar surface area (TPSA) is 122 Å². The molecule has 0 radical (unpaired) electrons. The first kappa shape index (κ1) is 28.0. The molecule has 0 aliphatic heterocycles. The van der Waals surface area contributed by atoms with E-state index in [1.807, 2.05) is 38.1 Å². The van der Waals surface area contributed by atoms with Gasteiger partial charge in [0, 0.05) is 29.3 Å². The van der Waals surface area contributed by atoms with E-state index in [2.05, 4.69) is 10.5 Å². The molecule has 37 heavy (non-hydrogen) atoms. The maximum Gasteiger partial charge on any atom is 0.270 e. The molecule has 11 heteroatoms. The van der Waals surface area contributed by atoms with Crippen molar-refractivity contribution in [1.82, 2.24) is 9.73 Å². The number of amides is 1. The molecule has 0 spiro atoms. The summed E-state index contributed by atoms with van der Waals surface area (Å²) in [4.78, 5) is 23.4. The number of nitro benzene ring substituents is 1. The third-order valence-corrected chi connectivity index (χ3v) is 8.03. The van der Waals surface area contributed by atoms with Gasteiger partial charge in [0.2, 0.25) is 10.0 Å². The summed E-state index contributed by atoms with van der Waals surface area (Å²) in [6.45, 7) is 6.75. The number of aryl methyl sites for hydroxylation is 4. The molecule has 3 aromatic carbocycles. The molecular formula is C26H27ClN4O5S. The Labute approximate surface area is 221 Å². The Morgan fingerprint density at radius 2 is 1.65 bits per heavy atom. The average Bonchev–Trinajstić information content (AvgIpc) is 2.80. The van der Waals surface area contributed by atoms with Gasteiger partial charge in [-0.15, -0.1) is 0 Å². The van der Waals surface area contributed by atoms with E-state index in [1.54, 1.807) is 26.0 Å². The van der Waals surface area contributed by atoms with Crippen molar-refractivity contribution in [1.29, 1.82) is 0 Å². The number of hydrogen-bond acceptors (Lipinski definition) is 6. The van der Waals surface area contributed by atoms with Crippen LogP contribution in [0.2, 0.25) is 5.02 Å². The summed E-state index contributed by atoms with van der Waals surface area (Å²) in [5.74, 6) is -0.684. The van der Waals surface area contributed by atoms with Gasteiger partial charge in [0.25, 0.3) is 11.6 Å². The Kier molecular flexibility index (Phi) is 8.80. The van der Waals surface area contributed by atoms with E-state index >= 15 is 0 Å². The molecule has 0 aliphatic carbocycles. The summed E-state index contributed by atoms with van der Waals surface area (Å²) in [7, 11) is -4.06. The number of non-ortho nitro benzene ring substituents is 1. The second kappa shape index (κ2) is 11.6. The number of carbonyl (C=O) groups excluding carboxylic acids is 1. The molecule has 3 rings (SSSR count). The number of rotatable bonds is 9. The summed E-state index contributed by atoms with van der Waals surface area (Å²) in [5, 5.41) is 15.0. The van der Waals surface area contributed by atoms with E-state index in [0.29, 0.717) is 11.1 Å². The van der Waals surface area contributed by atoms with Gasteiger partial charge in [-0.2, -0.15) is 9.41 Å². The second-order valence-corrected chi connectivity index (χ2v) is 11.0. The van der Waals surface area contributed by atoms with Gasteiger partial charge < -0.3 is 0 Å². The highest BCUT2D eigenvalue weighted by molar-refractivity contribution is 7.89. The average molecular weight is 543 g/mol.